The molecule has 1 aliphatic heterocycles. The predicted molar refractivity (Wildman–Crippen MR) is 127 cm³/mol. The molecule has 0 N–H and O–H groups in total. The molecule has 0 saturated heterocycles. The second kappa shape index (κ2) is 9.12. The van der Waals surface area contributed by atoms with E-state index in [0.717, 1.165) is 58.5 Å². The zero-order valence-corrected chi connectivity index (χ0v) is 19.7. The molecular formula is C23H29N3O2S2. The Morgan fingerprint density at radius 2 is 2.00 bits per heavy atom. The second-order valence-electron chi connectivity index (χ2n) is 7.81. The molecule has 3 aromatic rings. The van der Waals surface area contributed by atoms with E-state index in [2.05, 4.69) is 25.7 Å². The first-order valence-corrected chi connectivity index (χ1v) is 12.5. The smallest absolute Gasteiger partial charge is 0.267 e. The first-order valence-electron chi connectivity index (χ1n) is 10.7. The van der Waals surface area contributed by atoms with Gasteiger partial charge in [0.05, 0.1) is 17.7 Å². The van der Waals surface area contributed by atoms with Crippen molar-refractivity contribution in [3.8, 4) is 11.4 Å². The number of thiophene rings is 1. The van der Waals surface area contributed by atoms with Crippen molar-refractivity contribution in [2.45, 2.75) is 58.3 Å². The van der Waals surface area contributed by atoms with Crippen LogP contribution in [0.1, 0.15) is 44.6 Å². The summed E-state index contributed by atoms with van der Waals surface area (Å²) in [5, 5.41) is 1.59. The Balaban J connectivity index is 1.85. The van der Waals surface area contributed by atoms with Crippen molar-refractivity contribution in [1.29, 1.82) is 0 Å². The fourth-order valence-corrected chi connectivity index (χ4v) is 6.01. The molecule has 0 aliphatic carbocycles. The lowest BCUT2D eigenvalue weighted by atomic mass is 10.0. The highest BCUT2D eigenvalue weighted by Gasteiger charge is 2.26. The summed E-state index contributed by atoms with van der Waals surface area (Å²) in [7, 11) is 0. The van der Waals surface area contributed by atoms with Gasteiger partial charge in [0.2, 0.25) is 0 Å². The van der Waals surface area contributed by atoms with Crippen LogP contribution in [-0.2, 0) is 13.0 Å². The average Bonchev–Trinajstić information content (AvgIpc) is 3.11. The summed E-state index contributed by atoms with van der Waals surface area (Å²) >= 11 is 3.35. The van der Waals surface area contributed by atoms with Crippen LogP contribution in [0.15, 0.2) is 34.2 Å². The minimum atomic E-state index is 0.0539. The molecule has 0 bridgehead atoms. The molecule has 3 heterocycles. The molecule has 0 unspecified atom stereocenters. The number of nitrogens with zero attached hydrogens (tertiary/aromatic N) is 3. The van der Waals surface area contributed by atoms with E-state index in [-0.39, 0.29) is 5.56 Å². The molecular weight excluding hydrogens is 414 g/mol. The van der Waals surface area contributed by atoms with Crippen LogP contribution < -0.4 is 10.3 Å². The van der Waals surface area contributed by atoms with Crippen molar-refractivity contribution >= 4 is 33.3 Å². The van der Waals surface area contributed by atoms with Crippen molar-refractivity contribution in [1.82, 2.24) is 14.5 Å². The second-order valence-corrected chi connectivity index (χ2v) is 9.95. The summed E-state index contributed by atoms with van der Waals surface area (Å²) in [6.45, 7) is 11.1. The SMILES string of the molecule is CCCSc1nc2sc3c(c2c(=O)n1-c1ccc(OCC)cc1)CCN(C(C)C)C3. The molecule has 0 fully saturated rings. The lowest BCUT2D eigenvalue weighted by Crippen LogP contribution is -2.35. The van der Waals surface area contributed by atoms with E-state index < -0.39 is 0 Å². The third kappa shape index (κ3) is 4.03. The van der Waals surface area contributed by atoms with Gasteiger partial charge in [-0.15, -0.1) is 11.3 Å². The first kappa shape index (κ1) is 21.4. The molecule has 1 aliphatic rings. The molecule has 7 heteroatoms. The number of rotatable bonds is 7. The van der Waals surface area contributed by atoms with Crippen molar-refractivity contribution in [2.75, 3.05) is 18.9 Å². The Labute approximate surface area is 186 Å². The predicted octanol–water partition coefficient (Wildman–Crippen LogP) is 5.11. The van der Waals surface area contributed by atoms with Crippen LogP contribution in [0.4, 0.5) is 0 Å². The molecule has 2 aromatic heterocycles. The largest absolute Gasteiger partial charge is 0.494 e. The molecule has 0 amide bonds. The standard InChI is InChI=1S/C23H29N3O2S2/c1-5-13-29-23-24-21-20(18-11-12-25(15(3)4)14-19(18)30-21)22(27)26(23)16-7-9-17(10-8-16)28-6-2/h7-10,15H,5-6,11-14H2,1-4H3. The fraction of sp³-hybridized carbons (Fsp3) is 0.478. The fourth-order valence-electron chi connectivity index (χ4n) is 3.86. The molecule has 5 nitrogen and oxygen atoms in total. The Morgan fingerprint density at radius 3 is 2.67 bits per heavy atom. The van der Waals surface area contributed by atoms with E-state index in [1.54, 1.807) is 27.7 Å². The lowest BCUT2D eigenvalue weighted by Gasteiger charge is -2.30. The summed E-state index contributed by atoms with van der Waals surface area (Å²) in [5.74, 6) is 1.74. The Kier molecular flexibility index (Phi) is 6.51. The highest BCUT2D eigenvalue weighted by molar-refractivity contribution is 7.99. The Hall–Kier alpha value is -1.83. The molecule has 0 atom stereocenters. The molecule has 160 valence electrons. The van der Waals surface area contributed by atoms with Crippen molar-refractivity contribution in [3.05, 3.63) is 45.1 Å². The summed E-state index contributed by atoms with van der Waals surface area (Å²) in [6.07, 6.45) is 1.95. The van der Waals surface area contributed by atoms with Gasteiger partial charge in [-0.05, 0) is 63.4 Å². The number of benzene rings is 1. The van der Waals surface area contributed by atoms with Gasteiger partial charge in [-0.2, -0.15) is 0 Å². The van der Waals surface area contributed by atoms with E-state index in [9.17, 15) is 4.79 Å². The van der Waals surface area contributed by atoms with Crippen molar-refractivity contribution in [3.63, 3.8) is 0 Å². The highest BCUT2D eigenvalue weighted by atomic mass is 32.2. The first-order chi connectivity index (χ1) is 14.5. The third-order valence-electron chi connectivity index (χ3n) is 5.44. The van der Waals surface area contributed by atoms with Crippen molar-refractivity contribution < 1.29 is 4.74 Å². The molecule has 0 spiro atoms. The summed E-state index contributed by atoms with van der Waals surface area (Å²) in [6, 6.07) is 8.26. The number of hydrogen-bond acceptors (Lipinski definition) is 6. The van der Waals surface area contributed by atoms with E-state index in [4.69, 9.17) is 9.72 Å². The van der Waals surface area contributed by atoms with E-state index in [0.29, 0.717) is 12.6 Å². The van der Waals surface area contributed by atoms with Crippen molar-refractivity contribution in [2.24, 2.45) is 0 Å². The van der Waals surface area contributed by atoms with Gasteiger partial charge in [0.25, 0.3) is 5.56 Å². The van der Waals surface area contributed by atoms with Crippen LogP contribution in [0.2, 0.25) is 0 Å². The van der Waals surface area contributed by atoms with Gasteiger partial charge in [0.15, 0.2) is 5.16 Å². The molecule has 1 aromatic carbocycles. The number of hydrogen-bond donors (Lipinski definition) is 0. The van der Waals surface area contributed by atoms with Crippen LogP contribution in [0.3, 0.4) is 0 Å². The Morgan fingerprint density at radius 1 is 1.23 bits per heavy atom. The van der Waals surface area contributed by atoms with Crippen LogP contribution in [0.25, 0.3) is 15.9 Å². The summed E-state index contributed by atoms with van der Waals surface area (Å²) in [4.78, 5) is 23.4. The summed E-state index contributed by atoms with van der Waals surface area (Å²) in [5.41, 5.74) is 2.10. The normalized spacial score (nSPS) is 14.4. The summed E-state index contributed by atoms with van der Waals surface area (Å²) < 4.78 is 7.36. The Bertz CT molecular complexity index is 1090. The topological polar surface area (TPSA) is 47.4 Å². The average molecular weight is 444 g/mol. The maximum Gasteiger partial charge on any atom is 0.267 e. The van der Waals surface area contributed by atoms with Gasteiger partial charge < -0.3 is 4.74 Å². The maximum absolute atomic E-state index is 13.7. The van der Waals surface area contributed by atoms with E-state index in [1.807, 2.05) is 31.2 Å². The number of thioether (sulfide) groups is 1. The van der Waals surface area contributed by atoms with Crippen LogP contribution >= 0.6 is 23.1 Å². The van der Waals surface area contributed by atoms with Gasteiger partial charge >= 0.3 is 0 Å². The minimum Gasteiger partial charge on any atom is -0.494 e. The maximum atomic E-state index is 13.7. The number of fused-ring (bicyclic) bond motifs is 3. The zero-order valence-electron chi connectivity index (χ0n) is 18.1. The minimum absolute atomic E-state index is 0.0539. The third-order valence-corrected chi connectivity index (χ3v) is 7.70. The molecule has 0 radical (unpaired) electrons. The molecule has 0 saturated carbocycles. The molecule has 4 rings (SSSR count). The van der Waals surface area contributed by atoms with Gasteiger partial charge in [-0.3, -0.25) is 14.3 Å². The zero-order chi connectivity index (χ0) is 21.3. The van der Waals surface area contributed by atoms with Gasteiger partial charge in [-0.25, -0.2) is 4.98 Å². The molecule has 30 heavy (non-hydrogen) atoms. The quantitative estimate of drug-likeness (QED) is 0.375. The number of aromatic nitrogens is 2. The monoisotopic (exact) mass is 443 g/mol. The van der Waals surface area contributed by atoms with Crippen LogP contribution in [0.5, 0.6) is 5.75 Å². The van der Waals surface area contributed by atoms with Gasteiger partial charge in [0.1, 0.15) is 10.6 Å². The van der Waals surface area contributed by atoms with E-state index in [1.165, 1.54) is 10.4 Å². The number of ether oxygens (including phenoxy) is 1. The van der Waals surface area contributed by atoms with Gasteiger partial charge in [0, 0.05) is 29.8 Å². The van der Waals surface area contributed by atoms with Crippen LogP contribution in [-0.4, -0.2) is 39.4 Å². The van der Waals surface area contributed by atoms with Crippen LogP contribution in [0, 0.1) is 0 Å². The lowest BCUT2D eigenvalue weighted by molar-refractivity contribution is 0.206. The highest BCUT2D eigenvalue weighted by Crippen LogP contribution is 2.35. The van der Waals surface area contributed by atoms with Gasteiger partial charge in [-0.1, -0.05) is 18.7 Å². The van der Waals surface area contributed by atoms with E-state index >= 15 is 0 Å².